The molecule has 1 N–H and O–H groups in total. The van der Waals surface area contributed by atoms with Crippen LogP contribution in [0.15, 0.2) is 72.3 Å². The van der Waals surface area contributed by atoms with Crippen molar-refractivity contribution >= 4 is 24.8 Å². The molecule has 0 atom stereocenters. The molecule has 0 aromatic heterocycles. The molecule has 0 unspecified atom stereocenters. The molecule has 3 rings (SSSR count). The Balaban J connectivity index is 0. The topological polar surface area (TPSA) is 20.2 Å². The van der Waals surface area contributed by atoms with Crippen LogP contribution < -0.4 is 0 Å². The monoisotopic (exact) mass is 411 g/mol. The maximum atomic E-state index is 9.27. The van der Waals surface area contributed by atoms with Crippen LogP contribution in [0.3, 0.4) is 0 Å². The first kappa shape index (κ1) is 26.2. The second-order valence-electron chi connectivity index (χ2n) is 6.36. The number of hydrogen-bond acceptors (Lipinski definition) is 1. The molecule has 0 saturated carbocycles. The molecule has 1 nitrogen and oxygen atoms in total. The van der Waals surface area contributed by atoms with Crippen LogP contribution in [0.5, 0.6) is 5.75 Å². The number of phenols is 1. The van der Waals surface area contributed by atoms with Gasteiger partial charge in [0.05, 0.1) is 0 Å². The number of hydrogen-bond donors (Lipinski definition) is 1. The third kappa shape index (κ3) is 8.78. The van der Waals surface area contributed by atoms with E-state index in [1.165, 1.54) is 5.57 Å². The average molecular weight is 412 g/mol. The van der Waals surface area contributed by atoms with Gasteiger partial charge in [-0.1, -0.05) is 63.2 Å². The van der Waals surface area contributed by atoms with Crippen molar-refractivity contribution < 1.29 is 26.8 Å². The molecule has 0 radical (unpaired) electrons. The van der Waals surface area contributed by atoms with Crippen molar-refractivity contribution in [2.45, 2.75) is 27.2 Å². The first-order valence-electron chi connectivity index (χ1n) is 7.59. The minimum absolute atomic E-state index is 0. The first-order valence-corrected chi connectivity index (χ1v) is 7.59. The standard InChI is InChI=1S/C12H10O.C9H13.2ClH.Ti/c13-12-8-4-7-11(9-12)10-5-2-1-3-6-10;1-9(2,3)8-6-4-5-7-8;;;/h1-9,13H;4,6H,5H2,1-3H3;2*1H;/q;-1;;;. The summed E-state index contributed by atoms with van der Waals surface area (Å²) in [5, 5.41) is 9.27. The quantitative estimate of drug-likeness (QED) is 0.412. The molecule has 0 amide bonds. The Morgan fingerprint density at radius 2 is 1.48 bits per heavy atom. The van der Waals surface area contributed by atoms with E-state index in [0.717, 1.165) is 17.5 Å². The molecule has 1 aliphatic carbocycles. The summed E-state index contributed by atoms with van der Waals surface area (Å²) in [6.45, 7) is 6.64. The van der Waals surface area contributed by atoms with Crippen molar-refractivity contribution in [3.8, 4) is 16.9 Å². The molecule has 0 bridgehead atoms. The number of phenolic OH excluding ortho intramolecular Hbond substituents is 1. The van der Waals surface area contributed by atoms with E-state index in [1.54, 1.807) is 12.1 Å². The van der Waals surface area contributed by atoms with Crippen LogP contribution in [0.2, 0.25) is 0 Å². The summed E-state index contributed by atoms with van der Waals surface area (Å²) in [6, 6.07) is 17.3. The fourth-order valence-electron chi connectivity index (χ4n) is 2.24. The van der Waals surface area contributed by atoms with Crippen LogP contribution in [0.25, 0.3) is 11.1 Å². The molecule has 0 spiro atoms. The molecular formula is C21H25Cl2OTi-. The number of allylic oxidation sites excluding steroid dienone is 4. The van der Waals surface area contributed by atoms with Crippen LogP contribution >= 0.6 is 24.8 Å². The Bertz CT molecular complexity index is 674. The van der Waals surface area contributed by atoms with E-state index >= 15 is 0 Å². The van der Waals surface area contributed by atoms with Gasteiger partial charge in [0.1, 0.15) is 5.75 Å². The van der Waals surface area contributed by atoms with E-state index in [1.807, 2.05) is 42.5 Å². The predicted octanol–water partition coefficient (Wildman–Crippen LogP) is 6.62. The Morgan fingerprint density at radius 3 is 1.92 bits per heavy atom. The zero-order chi connectivity index (χ0) is 16.0. The van der Waals surface area contributed by atoms with Crippen molar-refractivity contribution in [2.24, 2.45) is 5.41 Å². The first-order chi connectivity index (χ1) is 10.5. The van der Waals surface area contributed by atoms with Crippen LogP contribution in [-0.2, 0) is 21.7 Å². The smallest absolute Gasteiger partial charge is 0.116 e. The van der Waals surface area contributed by atoms with Crippen molar-refractivity contribution in [2.75, 3.05) is 0 Å². The van der Waals surface area contributed by atoms with Crippen molar-refractivity contribution in [1.82, 2.24) is 0 Å². The van der Waals surface area contributed by atoms with Crippen LogP contribution in [0.4, 0.5) is 0 Å². The van der Waals surface area contributed by atoms with Crippen LogP contribution in [-0.4, -0.2) is 5.11 Å². The zero-order valence-corrected chi connectivity index (χ0v) is 18.0. The van der Waals surface area contributed by atoms with E-state index in [0.29, 0.717) is 11.2 Å². The van der Waals surface area contributed by atoms with Crippen LogP contribution in [0, 0.1) is 11.5 Å². The Morgan fingerprint density at radius 1 is 0.880 bits per heavy atom. The van der Waals surface area contributed by atoms with Crippen molar-refractivity contribution in [1.29, 1.82) is 0 Å². The average Bonchev–Trinajstić information content (AvgIpc) is 3.03. The van der Waals surface area contributed by atoms with E-state index in [2.05, 4.69) is 39.0 Å². The fourth-order valence-corrected chi connectivity index (χ4v) is 2.24. The number of aromatic hydroxyl groups is 1. The van der Waals surface area contributed by atoms with Crippen molar-refractivity contribution in [3.05, 3.63) is 78.4 Å². The zero-order valence-electron chi connectivity index (χ0n) is 14.8. The Kier molecular flexibility index (Phi) is 13.0. The molecular weight excluding hydrogens is 387 g/mol. The fraction of sp³-hybridized carbons (Fsp3) is 0.238. The molecule has 0 aliphatic heterocycles. The van der Waals surface area contributed by atoms with Gasteiger partial charge < -0.3 is 5.11 Å². The minimum Gasteiger partial charge on any atom is -0.508 e. The van der Waals surface area contributed by atoms with E-state index in [-0.39, 0.29) is 46.5 Å². The van der Waals surface area contributed by atoms with Gasteiger partial charge in [0.15, 0.2) is 0 Å². The number of rotatable bonds is 1. The molecule has 1 aliphatic rings. The summed E-state index contributed by atoms with van der Waals surface area (Å²) in [5.74, 6) is 0.307. The Labute approximate surface area is 179 Å². The second-order valence-corrected chi connectivity index (χ2v) is 6.36. The van der Waals surface area contributed by atoms with E-state index in [4.69, 9.17) is 0 Å². The van der Waals surface area contributed by atoms with Gasteiger partial charge in [-0.3, -0.25) is 6.08 Å². The van der Waals surface area contributed by atoms with Gasteiger partial charge in [0.2, 0.25) is 0 Å². The third-order valence-electron chi connectivity index (χ3n) is 3.46. The third-order valence-corrected chi connectivity index (χ3v) is 3.46. The summed E-state index contributed by atoms with van der Waals surface area (Å²) in [5.41, 5.74) is 3.81. The minimum atomic E-state index is 0. The van der Waals surface area contributed by atoms with Gasteiger partial charge in [0.25, 0.3) is 0 Å². The second kappa shape index (κ2) is 12.4. The van der Waals surface area contributed by atoms with Gasteiger partial charge in [-0.2, -0.15) is 6.08 Å². The van der Waals surface area contributed by atoms with Gasteiger partial charge in [-0.05, 0) is 28.7 Å². The molecule has 134 valence electrons. The molecule has 4 heteroatoms. The molecule has 0 fully saturated rings. The van der Waals surface area contributed by atoms with Gasteiger partial charge in [-0.15, -0.1) is 31.2 Å². The summed E-state index contributed by atoms with van der Waals surface area (Å²) in [7, 11) is 0. The normalized spacial score (nSPS) is 11.7. The summed E-state index contributed by atoms with van der Waals surface area (Å²) in [6.07, 6.45) is 8.63. The SMILES string of the molecule is CC(C)(C)C1=[C-]CC=C1.Cl.Cl.Oc1cccc(-c2ccccc2)c1.[Ti]. The summed E-state index contributed by atoms with van der Waals surface area (Å²) in [4.78, 5) is 0. The van der Waals surface area contributed by atoms with Gasteiger partial charge >= 0.3 is 0 Å². The molecule has 0 saturated heterocycles. The molecule has 25 heavy (non-hydrogen) atoms. The molecule has 2 aromatic carbocycles. The van der Waals surface area contributed by atoms with Gasteiger partial charge in [0, 0.05) is 21.7 Å². The molecule has 0 heterocycles. The Hall–Kier alpha value is -0.986. The van der Waals surface area contributed by atoms with Crippen molar-refractivity contribution in [3.63, 3.8) is 0 Å². The number of halogens is 2. The van der Waals surface area contributed by atoms with Crippen LogP contribution in [0.1, 0.15) is 27.2 Å². The number of benzene rings is 2. The summed E-state index contributed by atoms with van der Waals surface area (Å²) < 4.78 is 0. The van der Waals surface area contributed by atoms with E-state index in [9.17, 15) is 5.11 Å². The maximum absolute atomic E-state index is 9.27. The predicted molar refractivity (Wildman–Crippen MR) is 108 cm³/mol. The maximum Gasteiger partial charge on any atom is 0.116 e. The largest absolute Gasteiger partial charge is 0.508 e. The molecule has 2 aromatic rings. The van der Waals surface area contributed by atoms with E-state index < -0.39 is 0 Å². The summed E-state index contributed by atoms with van der Waals surface area (Å²) >= 11 is 0. The van der Waals surface area contributed by atoms with Gasteiger partial charge in [-0.25, -0.2) is 11.6 Å².